The van der Waals surface area contributed by atoms with Crippen molar-refractivity contribution >= 4 is 33.2 Å². The number of sulfonamides is 1. The number of anilines is 1. The maximum absolute atomic E-state index is 13.4. The van der Waals surface area contributed by atoms with Gasteiger partial charge in [-0.2, -0.15) is 4.31 Å². The number of nitrogens with one attached hydrogen (secondary N) is 1. The Morgan fingerprint density at radius 1 is 1.14 bits per heavy atom. The summed E-state index contributed by atoms with van der Waals surface area (Å²) in [6, 6.07) is 7.72. The average Bonchev–Trinajstić information content (AvgIpc) is 2.67. The van der Waals surface area contributed by atoms with E-state index in [4.69, 9.17) is 11.6 Å². The fourth-order valence-electron chi connectivity index (χ4n) is 3.12. The van der Waals surface area contributed by atoms with Crippen LogP contribution in [0.15, 0.2) is 41.3 Å². The Hall–Kier alpha value is -2.03. The zero-order valence-electron chi connectivity index (χ0n) is 15.1. The van der Waals surface area contributed by atoms with Crippen LogP contribution in [0.5, 0.6) is 0 Å². The molecule has 0 unspecified atom stereocenters. The molecule has 0 spiro atoms. The van der Waals surface area contributed by atoms with Crippen molar-refractivity contribution in [1.29, 1.82) is 0 Å². The lowest BCUT2D eigenvalue weighted by molar-refractivity contribution is -0.120. The number of hydrogen-bond acceptors (Lipinski definition) is 3. The summed E-state index contributed by atoms with van der Waals surface area (Å²) in [5.74, 6) is -2.87. The van der Waals surface area contributed by atoms with Crippen LogP contribution in [0.3, 0.4) is 0 Å². The third-order valence-corrected chi connectivity index (χ3v) is 7.18. The van der Waals surface area contributed by atoms with Gasteiger partial charge in [0.1, 0.15) is 0 Å². The van der Waals surface area contributed by atoms with Crippen LogP contribution in [0.2, 0.25) is 5.02 Å². The van der Waals surface area contributed by atoms with Crippen LogP contribution >= 0.6 is 11.6 Å². The number of carbonyl (C=O) groups is 1. The van der Waals surface area contributed by atoms with Crippen LogP contribution < -0.4 is 5.32 Å². The lowest BCUT2D eigenvalue weighted by Gasteiger charge is -2.30. The number of nitrogens with zero attached hydrogens (tertiary/aromatic N) is 1. The second-order valence-electron chi connectivity index (χ2n) is 6.66. The molecule has 1 fully saturated rings. The lowest BCUT2D eigenvalue weighted by Crippen LogP contribution is -2.41. The largest absolute Gasteiger partial charge is 0.326 e. The third kappa shape index (κ3) is 4.19. The van der Waals surface area contributed by atoms with E-state index in [2.05, 4.69) is 5.32 Å². The third-order valence-electron chi connectivity index (χ3n) is 4.88. The molecular formula is C19H19ClF2N2O3S. The van der Waals surface area contributed by atoms with Gasteiger partial charge in [0.15, 0.2) is 11.6 Å². The van der Waals surface area contributed by atoms with Crippen LogP contribution in [0.25, 0.3) is 0 Å². The SMILES string of the molecule is Cc1c(Cl)cccc1NC(=O)C1CCN(S(=O)(=O)c2ccc(F)c(F)c2)CC1. The number of carbonyl (C=O) groups excluding carboxylic acids is 1. The summed E-state index contributed by atoms with van der Waals surface area (Å²) >= 11 is 6.06. The first kappa shape index (κ1) is 20.7. The molecule has 1 saturated heterocycles. The molecule has 0 saturated carbocycles. The van der Waals surface area contributed by atoms with Gasteiger partial charge in [-0.25, -0.2) is 17.2 Å². The number of halogens is 3. The molecule has 28 heavy (non-hydrogen) atoms. The molecule has 2 aromatic rings. The van der Waals surface area contributed by atoms with Crippen molar-refractivity contribution in [2.75, 3.05) is 18.4 Å². The van der Waals surface area contributed by atoms with Crippen molar-refractivity contribution in [2.45, 2.75) is 24.7 Å². The molecule has 2 aromatic carbocycles. The van der Waals surface area contributed by atoms with E-state index in [1.807, 2.05) is 0 Å². The molecule has 9 heteroatoms. The molecule has 150 valence electrons. The normalized spacial score (nSPS) is 16.1. The van der Waals surface area contributed by atoms with E-state index in [0.29, 0.717) is 29.6 Å². The van der Waals surface area contributed by atoms with Gasteiger partial charge in [-0.05, 0) is 55.7 Å². The molecule has 1 N–H and O–H groups in total. The molecule has 1 heterocycles. The minimum atomic E-state index is -3.94. The Kier molecular flexibility index (Phi) is 6.02. The highest BCUT2D eigenvalue weighted by Crippen LogP contribution is 2.27. The Morgan fingerprint density at radius 3 is 2.46 bits per heavy atom. The maximum Gasteiger partial charge on any atom is 0.243 e. The molecule has 3 rings (SSSR count). The molecular weight excluding hydrogens is 410 g/mol. The quantitative estimate of drug-likeness (QED) is 0.801. The van der Waals surface area contributed by atoms with Gasteiger partial charge in [0.25, 0.3) is 0 Å². The van der Waals surface area contributed by atoms with Crippen LogP contribution in [0.4, 0.5) is 14.5 Å². The highest BCUT2D eigenvalue weighted by Gasteiger charge is 2.32. The van der Waals surface area contributed by atoms with Crippen molar-refractivity contribution in [1.82, 2.24) is 4.31 Å². The van der Waals surface area contributed by atoms with E-state index in [-0.39, 0.29) is 29.8 Å². The summed E-state index contributed by atoms with van der Waals surface area (Å²) in [5.41, 5.74) is 1.38. The molecule has 1 aliphatic rings. The molecule has 0 atom stereocenters. The lowest BCUT2D eigenvalue weighted by atomic mass is 9.97. The van der Waals surface area contributed by atoms with Gasteiger partial charge in [0.05, 0.1) is 4.90 Å². The molecule has 0 radical (unpaired) electrons. The Bertz CT molecular complexity index is 1010. The Labute approximate surface area is 167 Å². The second-order valence-corrected chi connectivity index (χ2v) is 9.00. The average molecular weight is 429 g/mol. The number of rotatable bonds is 4. The summed E-state index contributed by atoms with van der Waals surface area (Å²) < 4.78 is 52.9. The second kappa shape index (κ2) is 8.14. The summed E-state index contributed by atoms with van der Waals surface area (Å²) in [5, 5.41) is 3.38. The minimum Gasteiger partial charge on any atom is -0.326 e. The molecule has 0 aromatic heterocycles. The van der Waals surface area contributed by atoms with Gasteiger partial charge >= 0.3 is 0 Å². The Morgan fingerprint density at radius 2 is 1.82 bits per heavy atom. The van der Waals surface area contributed by atoms with E-state index in [0.717, 1.165) is 17.7 Å². The molecule has 1 aliphatic heterocycles. The van der Waals surface area contributed by atoms with E-state index in [1.165, 1.54) is 4.31 Å². The first-order valence-electron chi connectivity index (χ1n) is 8.71. The summed E-state index contributed by atoms with van der Waals surface area (Å²) in [6.45, 7) is 2.04. The predicted molar refractivity (Wildman–Crippen MR) is 103 cm³/mol. The summed E-state index contributed by atoms with van der Waals surface area (Å²) in [7, 11) is -3.94. The fourth-order valence-corrected chi connectivity index (χ4v) is 4.78. The minimum absolute atomic E-state index is 0.119. The van der Waals surface area contributed by atoms with Gasteiger partial charge in [0.2, 0.25) is 15.9 Å². The van der Waals surface area contributed by atoms with Crippen LogP contribution in [0.1, 0.15) is 18.4 Å². The fraction of sp³-hybridized carbons (Fsp3) is 0.316. The van der Waals surface area contributed by atoms with Gasteiger partial charge in [-0.1, -0.05) is 17.7 Å². The van der Waals surface area contributed by atoms with E-state index >= 15 is 0 Å². The molecule has 0 aliphatic carbocycles. The molecule has 1 amide bonds. The number of hydrogen-bond donors (Lipinski definition) is 1. The number of benzene rings is 2. The van der Waals surface area contributed by atoms with Crippen LogP contribution in [-0.2, 0) is 14.8 Å². The van der Waals surface area contributed by atoms with Crippen molar-refractivity contribution in [3.63, 3.8) is 0 Å². The highest BCUT2D eigenvalue weighted by atomic mass is 35.5. The molecule has 0 bridgehead atoms. The van der Waals surface area contributed by atoms with E-state index in [1.54, 1.807) is 25.1 Å². The first-order valence-corrected chi connectivity index (χ1v) is 10.5. The van der Waals surface area contributed by atoms with Gasteiger partial charge in [-0.15, -0.1) is 0 Å². The number of amides is 1. The number of piperidine rings is 1. The summed E-state index contributed by atoms with van der Waals surface area (Å²) in [6.07, 6.45) is 0.655. The topological polar surface area (TPSA) is 66.5 Å². The molecule has 5 nitrogen and oxygen atoms in total. The van der Waals surface area contributed by atoms with Gasteiger partial charge in [-0.3, -0.25) is 4.79 Å². The Balaban J connectivity index is 1.65. The zero-order chi connectivity index (χ0) is 20.5. The van der Waals surface area contributed by atoms with E-state index in [9.17, 15) is 22.0 Å². The van der Waals surface area contributed by atoms with Crippen molar-refractivity contribution in [2.24, 2.45) is 5.92 Å². The van der Waals surface area contributed by atoms with Crippen molar-refractivity contribution in [3.8, 4) is 0 Å². The smallest absolute Gasteiger partial charge is 0.243 e. The zero-order valence-corrected chi connectivity index (χ0v) is 16.7. The van der Waals surface area contributed by atoms with Crippen LogP contribution in [0, 0.1) is 24.5 Å². The highest BCUT2D eigenvalue weighted by molar-refractivity contribution is 7.89. The maximum atomic E-state index is 13.4. The monoisotopic (exact) mass is 428 g/mol. The van der Waals surface area contributed by atoms with Crippen LogP contribution in [-0.4, -0.2) is 31.7 Å². The van der Waals surface area contributed by atoms with Gasteiger partial charge in [0, 0.05) is 29.7 Å². The standard InChI is InChI=1S/C19H19ClF2N2O3S/c1-12-15(20)3-2-4-18(12)23-19(25)13-7-9-24(10-8-13)28(26,27)14-5-6-16(21)17(22)11-14/h2-6,11,13H,7-10H2,1H3,(H,23,25). The predicted octanol–water partition coefficient (Wildman–Crippen LogP) is 3.97. The van der Waals surface area contributed by atoms with E-state index < -0.39 is 21.7 Å². The summed E-state index contributed by atoms with van der Waals surface area (Å²) in [4.78, 5) is 12.2. The van der Waals surface area contributed by atoms with Crippen molar-refractivity contribution in [3.05, 3.63) is 58.6 Å². The van der Waals surface area contributed by atoms with Crippen molar-refractivity contribution < 1.29 is 22.0 Å². The van der Waals surface area contributed by atoms with Gasteiger partial charge < -0.3 is 5.32 Å². The first-order chi connectivity index (χ1) is 13.2.